The fraction of sp³-hybridized carbons (Fsp3) is 0.278. The van der Waals surface area contributed by atoms with Gasteiger partial charge in [-0.1, -0.05) is 35.9 Å². The van der Waals surface area contributed by atoms with Crippen LogP contribution in [0.1, 0.15) is 30.0 Å². The lowest BCUT2D eigenvalue weighted by Gasteiger charge is -2.37. The zero-order chi connectivity index (χ0) is 14.8. The van der Waals surface area contributed by atoms with Gasteiger partial charge >= 0.3 is 0 Å². The molecule has 0 spiro atoms. The minimum atomic E-state index is 0.492. The zero-order valence-corrected chi connectivity index (χ0v) is 12.8. The number of para-hydroxylation sites is 1. The van der Waals surface area contributed by atoms with Crippen LogP contribution in [0.5, 0.6) is 0 Å². The number of halogens is 1. The molecule has 0 saturated carbocycles. The summed E-state index contributed by atoms with van der Waals surface area (Å²) < 4.78 is 0. The molecule has 0 amide bonds. The molecule has 0 N–H and O–H groups in total. The van der Waals surface area contributed by atoms with Crippen molar-refractivity contribution in [1.82, 2.24) is 0 Å². The molecule has 1 heterocycles. The number of aryl methyl sites for hydroxylation is 1. The van der Waals surface area contributed by atoms with E-state index < -0.39 is 0 Å². The minimum absolute atomic E-state index is 0.492. The quantitative estimate of drug-likeness (QED) is 0.813. The van der Waals surface area contributed by atoms with E-state index >= 15 is 0 Å². The van der Waals surface area contributed by atoms with E-state index in [1.54, 1.807) is 6.07 Å². The average Bonchev–Trinajstić information content (AvgIpc) is 2.51. The summed E-state index contributed by atoms with van der Waals surface area (Å²) >= 11 is 6.32. The molecule has 2 aromatic carbocycles. The van der Waals surface area contributed by atoms with Gasteiger partial charge in [-0.25, -0.2) is 0 Å². The van der Waals surface area contributed by atoms with Crippen LogP contribution >= 0.6 is 11.6 Å². The van der Waals surface area contributed by atoms with Crippen molar-refractivity contribution in [1.29, 1.82) is 5.26 Å². The fourth-order valence-electron chi connectivity index (χ4n) is 2.93. The van der Waals surface area contributed by atoms with Crippen LogP contribution in [-0.4, -0.2) is 6.04 Å². The molecule has 3 rings (SSSR count). The molecular formula is C18H17ClN2. The second-order valence-electron chi connectivity index (χ2n) is 5.56. The molecule has 2 aromatic rings. The summed E-state index contributed by atoms with van der Waals surface area (Å²) in [4.78, 5) is 2.41. The molecule has 106 valence electrons. The summed E-state index contributed by atoms with van der Waals surface area (Å²) in [5, 5.41) is 9.60. The third kappa shape index (κ3) is 2.75. The van der Waals surface area contributed by atoms with Gasteiger partial charge in [0.15, 0.2) is 0 Å². The van der Waals surface area contributed by atoms with Crippen LogP contribution < -0.4 is 4.90 Å². The summed E-state index contributed by atoms with van der Waals surface area (Å²) in [5.41, 5.74) is 4.38. The van der Waals surface area contributed by atoms with Gasteiger partial charge in [0.2, 0.25) is 0 Å². The van der Waals surface area contributed by atoms with Crippen molar-refractivity contribution >= 4 is 17.3 Å². The van der Waals surface area contributed by atoms with Gasteiger partial charge in [-0.15, -0.1) is 0 Å². The van der Waals surface area contributed by atoms with Gasteiger partial charge in [0.05, 0.1) is 11.6 Å². The van der Waals surface area contributed by atoms with Gasteiger partial charge in [0.25, 0.3) is 0 Å². The monoisotopic (exact) mass is 296 g/mol. The number of nitrogens with zero attached hydrogens (tertiary/aromatic N) is 2. The summed E-state index contributed by atoms with van der Waals surface area (Å²) in [6.45, 7) is 3.04. The molecule has 2 nitrogen and oxygen atoms in total. The lowest BCUT2D eigenvalue weighted by Crippen LogP contribution is -2.36. The van der Waals surface area contributed by atoms with Gasteiger partial charge < -0.3 is 4.90 Å². The normalized spacial score (nSPS) is 17.2. The smallest absolute Gasteiger partial charge is 0.0992 e. The van der Waals surface area contributed by atoms with Gasteiger partial charge in [0, 0.05) is 23.3 Å². The predicted molar refractivity (Wildman–Crippen MR) is 86.6 cm³/mol. The molecule has 0 radical (unpaired) electrons. The first kappa shape index (κ1) is 14.0. The largest absolute Gasteiger partial charge is 0.364 e. The number of nitriles is 1. The van der Waals surface area contributed by atoms with Crippen LogP contribution in [-0.2, 0) is 13.0 Å². The van der Waals surface area contributed by atoms with Gasteiger partial charge in [-0.3, -0.25) is 0 Å². The Morgan fingerprint density at radius 1 is 1.29 bits per heavy atom. The van der Waals surface area contributed by atoms with Crippen LogP contribution in [0.3, 0.4) is 0 Å². The number of rotatable bonds is 2. The van der Waals surface area contributed by atoms with E-state index in [1.807, 2.05) is 12.1 Å². The first-order valence-electron chi connectivity index (χ1n) is 7.22. The van der Waals surface area contributed by atoms with Crippen LogP contribution in [0.4, 0.5) is 5.69 Å². The Hall–Kier alpha value is -1.98. The predicted octanol–water partition coefficient (Wildman–Crippen LogP) is 4.55. The van der Waals surface area contributed by atoms with Crippen LogP contribution in [0.15, 0.2) is 42.5 Å². The third-order valence-corrected chi connectivity index (χ3v) is 4.54. The van der Waals surface area contributed by atoms with E-state index in [9.17, 15) is 0 Å². The Labute approximate surface area is 130 Å². The summed E-state index contributed by atoms with van der Waals surface area (Å²) in [6.07, 6.45) is 2.29. The van der Waals surface area contributed by atoms with Crippen molar-refractivity contribution in [3.05, 3.63) is 64.2 Å². The molecule has 1 unspecified atom stereocenters. The zero-order valence-electron chi connectivity index (χ0n) is 12.0. The molecule has 0 aliphatic carbocycles. The Kier molecular flexibility index (Phi) is 3.86. The van der Waals surface area contributed by atoms with Crippen molar-refractivity contribution in [3.8, 4) is 6.07 Å². The number of fused-ring (bicyclic) bond motifs is 1. The number of benzene rings is 2. The van der Waals surface area contributed by atoms with Gasteiger partial charge in [-0.2, -0.15) is 5.26 Å². The van der Waals surface area contributed by atoms with Crippen molar-refractivity contribution in [2.24, 2.45) is 0 Å². The molecule has 0 fully saturated rings. The van der Waals surface area contributed by atoms with Crippen LogP contribution in [0.25, 0.3) is 0 Å². The Balaban J connectivity index is 1.93. The Morgan fingerprint density at radius 2 is 2.10 bits per heavy atom. The summed E-state index contributed by atoms with van der Waals surface area (Å²) in [5.74, 6) is 0. The van der Waals surface area contributed by atoms with E-state index in [0.717, 1.165) is 24.9 Å². The first-order valence-corrected chi connectivity index (χ1v) is 7.60. The standard InChI is InChI=1S/C18H17ClN2/c1-13-6-8-15-4-2-3-5-18(15)21(13)12-16-9-7-14(11-20)10-17(16)19/h2-5,7,9-10,13H,6,8,12H2,1H3. The molecule has 0 bridgehead atoms. The summed E-state index contributed by atoms with van der Waals surface area (Å²) in [6, 6.07) is 16.7. The van der Waals surface area contributed by atoms with Gasteiger partial charge in [-0.05, 0) is 49.1 Å². The average molecular weight is 297 g/mol. The second kappa shape index (κ2) is 5.79. The second-order valence-corrected chi connectivity index (χ2v) is 5.97. The maximum absolute atomic E-state index is 8.93. The minimum Gasteiger partial charge on any atom is -0.364 e. The maximum atomic E-state index is 8.93. The van der Waals surface area contributed by atoms with E-state index in [-0.39, 0.29) is 0 Å². The molecule has 21 heavy (non-hydrogen) atoms. The highest BCUT2D eigenvalue weighted by Gasteiger charge is 2.23. The van der Waals surface area contributed by atoms with Gasteiger partial charge in [0.1, 0.15) is 0 Å². The number of hydrogen-bond donors (Lipinski definition) is 0. The van der Waals surface area contributed by atoms with Crippen molar-refractivity contribution in [2.75, 3.05) is 4.90 Å². The SMILES string of the molecule is CC1CCc2ccccc2N1Cc1ccc(C#N)cc1Cl. The lowest BCUT2D eigenvalue weighted by atomic mass is 9.96. The highest BCUT2D eigenvalue weighted by atomic mass is 35.5. The highest BCUT2D eigenvalue weighted by Crippen LogP contribution is 2.32. The molecule has 3 heteroatoms. The Bertz CT molecular complexity index is 703. The fourth-order valence-corrected chi connectivity index (χ4v) is 3.17. The maximum Gasteiger partial charge on any atom is 0.0992 e. The topological polar surface area (TPSA) is 27.0 Å². The van der Waals surface area contributed by atoms with E-state index in [1.165, 1.54) is 11.3 Å². The number of hydrogen-bond acceptors (Lipinski definition) is 2. The summed E-state index contributed by atoms with van der Waals surface area (Å²) in [7, 11) is 0. The molecular weight excluding hydrogens is 280 g/mol. The first-order chi connectivity index (χ1) is 10.2. The lowest BCUT2D eigenvalue weighted by molar-refractivity contribution is 0.560. The Morgan fingerprint density at radius 3 is 2.86 bits per heavy atom. The molecule has 0 saturated heterocycles. The van der Waals surface area contributed by atoms with Crippen molar-refractivity contribution in [2.45, 2.75) is 32.4 Å². The van der Waals surface area contributed by atoms with E-state index in [4.69, 9.17) is 16.9 Å². The third-order valence-electron chi connectivity index (χ3n) is 4.19. The van der Waals surface area contributed by atoms with E-state index in [0.29, 0.717) is 16.6 Å². The van der Waals surface area contributed by atoms with Crippen molar-refractivity contribution in [3.63, 3.8) is 0 Å². The van der Waals surface area contributed by atoms with Crippen LogP contribution in [0.2, 0.25) is 5.02 Å². The highest BCUT2D eigenvalue weighted by molar-refractivity contribution is 6.31. The molecule has 1 aliphatic rings. The molecule has 1 aliphatic heterocycles. The molecule has 1 atom stereocenters. The van der Waals surface area contributed by atoms with Crippen LogP contribution in [0, 0.1) is 11.3 Å². The van der Waals surface area contributed by atoms with E-state index in [2.05, 4.69) is 42.2 Å². The van der Waals surface area contributed by atoms with Crippen molar-refractivity contribution < 1.29 is 0 Å². The number of anilines is 1. The molecule has 0 aromatic heterocycles.